The van der Waals surface area contributed by atoms with Gasteiger partial charge >= 0.3 is 0 Å². The third kappa shape index (κ3) is 4.87. The van der Waals surface area contributed by atoms with E-state index in [-0.39, 0.29) is 11.5 Å². The van der Waals surface area contributed by atoms with Crippen LogP contribution in [0, 0.1) is 0 Å². The zero-order valence-electron chi connectivity index (χ0n) is 12.1. The van der Waals surface area contributed by atoms with Crippen LogP contribution in [0.15, 0.2) is 12.1 Å². The number of carbonyl (C=O) groups is 1. The largest absolute Gasteiger partial charge is 0.384 e. The van der Waals surface area contributed by atoms with Gasteiger partial charge in [0.05, 0.1) is 5.60 Å². The van der Waals surface area contributed by atoms with Crippen LogP contribution in [0.2, 0.25) is 0 Å². The van der Waals surface area contributed by atoms with E-state index in [9.17, 15) is 4.79 Å². The van der Waals surface area contributed by atoms with E-state index in [1.807, 2.05) is 13.8 Å². The van der Waals surface area contributed by atoms with Crippen LogP contribution in [-0.2, 0) is 11.2 Å². The normalized spacial score (nSPS) is 11.4. The van der Waals surface area contributed by atoms with Crippen molar-refractivity contribution in [3.05, 3.63) is 23.4 Å². The van der Waals surface area contributed by atoms with Gasteiger partial charge in [-0.2, -0.15) is 0 Å². The first-order valence-corrected chi connectivity index (χ1v) is 6.47. The molecule has 0 fully saturated rings. The summed E-state index contributed by atoms with van der Waals surface area (Å²) in [7, 11) is 1.62. The first kappa shape index (κ1) is 15.4. The number of nitrogens with two attached hydrogens (primary N) is 1. The highest BCUT2D eigenvalue weighted by Gasteiger charge is 2.18. The smallest absolute Gasteiger partial charge is 0.251 e. The van der Waals surface area contributed by atoms with Crippen molar-refractivity contribution in [1.29, 1.82) is 0 Å². The Kier molecular flexibility index (Phi) is 5.30. The van der Waals surface area contributed by atoms with Crippen molar-refractivity contribution in [1.82, 2.24) is 10.3 Å². The molecule has 1 rings (SSSR count). The quantitative estimate of drug-likeness (QED) is 0.821. The van der Waals surface area contributed by atoms with E-state index in [4.69, 9.17) is 10.5 Å². The number of pyridine rings is 1. The molecule has 0 aliphatic rings. The van der Waals surface area contributed by atoms with Crippen LogP contribution >= 0.6 is 0 Å². The van der Waals surface area contributed by atoms with Gasteiger partial charge in [-0.25, -0.2) is 4.98 Å². The van der Waals surface area contributed by atoms with Gasteiger partial charge in [-0.1, -0.05) is 13.3 Å². The summed E-state index contributed by atoms with van der Waals surface area (Å²) in [6, 6.07) is 3.38. The Morgan fingerprint density at radius 2 is 2.16 bits per heavy atom. The molecular weight excluding hydrogens is 242 g/mol. The Hall–Kier alpha value is -1.62. The predicted molar refractivity (Wildman–Crippen MR) is 76.1 cm³/mol. The van der Waals surface area contributed by atoms with E-state index in [0.29, 0.717) is 17.9 Å². The molecule has 0 spiro atoms. The molecule has 1 aromatic heterocycles. The van der Waals surface area contributed by atoms with Crippen LogP contribution in [0.3, 0.4) is 0 Å². The third-order valence-electron chi connectivity index (χ3n) is 2.89. The summed E-state index contributed by atoms with van der Waals surface area (Å²) in [4.78, 5) is 16.3. The van der Waals surface area contributed by atoms with Crippen LogP contribution < -0.4 is 11.1 Å². The molecule has 1 amide bonds. The lowest BCUT2D eigenvalue weighted by molar-refractivity contribution is 0.0229. The summed E-state index contributed by atoms with van der Waals surface area (Å²) in [6.45, 7) is 6.33. The molecule has 0 saturated heterocycles. The highest BCUT2D eigenvalue weighted by atomic mass is 16.5. The Balaban J connectivity index is 2.76. The third-order valence-corrected chi connectivity index (χ3v) is 2.89. The van der Waals surface area contributed by atoms with E-state index < -0.39 is 0 Å². The minimum Gasteiger partial charge on any atom is -0.384 e. The minimum absolute atomic E-state index is 0.156. The van der Waals surface area contributed by atoms with E-state index >= 15 is 0 Å². The van der Waals surface area contributed by atoms with Gasteiger partial charge in [0.25, 0.3) is 5.91 Å². The first-order chi connectivity index (χ1) is 8.88. The van der Waals surface area contributed by atoms with Crippen molar-refractivity contribution in [3.63, 3.8) is 0 Å². The highest BCUT2D eigenvalue weighted by Crippen LogP contribution is 2.11. The van der Waals surface area contributed by atoms with Gasteiger partial charge in [0.15, 0.2) is 0 Å². The molecule has 1 aromatic rings. The molecule has 0 saturated carbocycles. The molecule has 106 valence electrons. The molecule has 19 heavy (non-hydrogen) atoms. The Labute approximate surface area is 114 Å². The average molecular weight is 265 g/mol. The number of aryl methyl sites for hydroxylation is 1. The number of rotatable bonds is 6. The molecule has 0 aliphatic carbocycles. The van der Waals surface area contributed by atoms with Gasteiger partial charge in [0.1, 0.15) is 5.82 Å². The molecule has 3 N–H and O–H groups in total. The number of hydrogen-bond acceptors (Lipinski definition) is 4. The van der Waals surface area contributed by atoms with Crippen molar-refractivity contribution >= 4 is 11.7 Å². The molecule has 0 atom stereocenters. The molecule has 5 heteroatoms. The summed E-state index contributed by atoms with van der Waals surface area (Å²) in [5.74, 6) is 0.221. The maximum absolute atomic E-state index is 12.1. The molecule has 0 aliphatic heterocycles. The van der Waals surface area contributed by atoms with Gasteiger partial charge in [-0.15, -0.1) is 0 Å². The van der Waals surface area contributed by atoms with Gasteiger partial charge in [-0.05, 0) is 32.4 Å². The number of aromatic nitrogens is 1. The number of anilines is 1. The summed E-state index contributed by atoms with van der Waals surface area (Å²) in [5, 5.41) is 2.84. The van der Waals surface area contributed by atoms with Crippen molar-refractivity contribution in [2.75, 3.05) is 19.4 Å². The molecular formula is C14H23N3O2. The lowest BCUT2D eigenvalue weighted by Crippen LogP contribution is -2.39. The SMILES string of the molecule is CCCc1cc(C(=O)NCC(C)(C)OC)cc(N)n1. The number of methoxy groups -OCH3 is 1. The molecule has 0 radical (unpaired) electrons. The topological polar surface area (TPSA) is 77.2 Å². The van der Waals surface area contributed by atoms with Crippen LogP contribution in [-0.4, -0.2) is 30.1 Å². The van der Waals surface area contributed by atoms with Gasteiger partial charge in [0, 0.05) is 24.9 Å². The fourth-order valence-electron chi connectivity index (χ4n) is 1.59. The van der Waals surface area contributed by atoms with Crippen molar-refractivity contribution < 1.29 is 9.53 Å². The standard InChI is InChI=1S/C14H23N3O2/c1-5-6-11-7-10(8-12(15)17-11)13(18)16-9-14(2,3)19-4/h7-8H,5-6,9H2,1-4H3,(H2,15,17)(H,16,18). The van der Waals surface area contributed by atoms with E-state index in [0.717, 1.165) is 18.5 Å². The number of nitrogens with one attached hydrogen (secondary N) is 1. The maximum atomic E-state index is 12.1. The second-order valence-corrected chi connectivity index (χ2v) is 5.17. The summed E-state index contributed by atoms with van der Waals surface area (Å²) >= 11 is 0. The lowest BCUT2D eigenvalue weighted by atomic mass is 10.1. The number of nitrogens with zero attached hydrogens (tertiary/aromatic N) is 1. The number of nitrogen functional groups attached to an aromatic ring is 1. The first-order valence-electron chi connectivity index (χ1n) is 6.47. The van der Waals surface area contributed by atoms with E-state index in [1.165, 1.54) is 0 Å². The van der Waals surface area contributed by atoms with Crippen molar-refractivity contribution in [3.8, 4) is 0 Å². The fraction of sp³-hybridized carbons (Fsp3) is 0.571. The lowest BCUT2D eigenvalue weighted by Gasteiger charge is -2.23. The van der Waals surface area contributed by atoms with Crippen LogP contribution in [0.5, 0.6) is 0 Å². The molecule has 0 aromatic carbocycles. The number of ether oxygens (including phenoxy) is 1. The molecule has 5 nitrogen and oxygen atoms in total. The fourth-order valence-corrected chi connectivity index (χ4v) is 1.59. The second kappa shape index (κ2) is 6.52. The highest BCUT2D eigenvalue weighted by molar-refractivity contribution is 5.94. The molecule has 1 heterocycles. The summed E-state index contributed by atoms with van der Waals surface area (Å²) in [6.07, 6.45) is 1.78. The second-order valence-electron chi connectivity index (χ2n) is 5.17. The number of carbonyl (C=O) groups excluding carboxylic acids is 1. The zero-order valence-corrected chi connectivity index (χ0v) is 12.1. The monoisotopic (exact) mass is 265 g/mol. The van der Waals surface area contributed by atoms with Gasteiger partial charge in [0.2, 0.25) is 0 Å². The molecule has 0 unspecified atom stereocenters. The molecule has 0 bridgehead atoms. The minimum atomic E-state index is -0.388. The van der Waals surface area contributed by atoms with Crippen LogP contribution in [0.25, 0.3) is 0 Å². The van der Waals surface area contributed by atoms with Gasteiger partial charge < -0.3 is 15.8 Å². The van der Waals surface area contributed by atoms with Crippen molar-refractivity contribution in [2.24, 2.45) is 0 Å². The van der Waals surface area contributed by atoms with E-state index in [1.54, 1.807) is 19.2 Å². The van der Waals surface area contributed by atoms with E-state index in [2.05, 4.69) is 17.2 Å². The maximum Gasteiger partial charge on any atom is 0.251 e. The Morgan fingerprint density at radius 1 is 1.47 bits per heavy atom. The van der Waals surface area contributed by atoms with Crippen molar-refractivity contribution in [2.45, 2.75) is 39.2 Å². The average Bonchev–Trinajstić information content (AvgIpc) is 2.36. The summed E-state index contributed by atoms with van der Waals surface area (Å²) < 4.78 is 5.26. The summed E-state index contributed by atoms with van der Waals surface area (Å²) in [5.41, 5.74) is 6.72. The number of hydrogen-bond donors (Lipinski definition) is 2. The van der Waals surface area contributed by atoms with Gasteiger partial charge in [-0.3, -0.25) is 4.79 Å². The van der Waals surface area contributed by atoms with Crippen LogP contribution in [0.4, 0.5) is 5.82 Å². The predicted octanol–water partition coefficient (Wildman–Crippen LogP) is 1.77. The Morgan fingerprint density at radius 3 is 2.74 bits per heavy atom. The number of amides is 1. The van der Waals surface area contributed by atoms with Crippen LogP contribution in [0.1, 0.15) is 43.2 Å². The zero-order chi connectivity index (χ0) is 14.5. The Bertz CT molecular complexity index is 444.